The van der Waals surface area contributed by atoms with Crippen LogP contribution in [0, 0.1) is 0 Å². The van der Waals surface area contributed by atoms with E-state index in [1.54, 1.807) is 0 Å². The normalized spacial score (nSPS) is 18.3. The first-order valence-electron chi connectivity index (χ1n) is 18.3. The highest BCUT2D eigenvalue weighted by Crippen LogP contribution is 2.39. The monoisotopic (exact) mass is 628 g/mol. The van der Waals surface area contributed by atoms with Gasteiger partial charge >= 0.3 is 0 Å². The Kier molecular flexibility index (Phi) is 16.3. The van der Waals surface area contributed by atoms with Gasteiger partial charge in [0.05, 0.1) is 18.8 Å². The van der Waals surface area contributed by atoms with Crippen LogP contribution >= 0.6 is 0 Å². The highest BCUT2D eigenvalue weighted by molar-refractivity contribution is 5.65. The van der Waals surface area contributed by atoms with Crippen molar-refractivity contribution in [2.24, 2.45) is 5.73 Å². The molecule has 1 heterocycles. The van der Waals surface area contributed by atoms with Crippen LogP contribution in [0.25, 0.3) is 11.1 Å². The Balaban J connectivity index is 1.50. The van der Waals surface area contributed by atoms with E-state index < -0.39 is 6.29 Å². The molecule has 0 spiro atoms. The average Bonchev–Trinajstić information content (AvgIpc) is 3.11. The van der Waals surface area contributed by atoms with Gasteiger partial charge in [-0.05, 0) is 65.9 Å². The third-order valence-corrected chi connectivity index (χ3v) is 9.39. The van der Waals surface area contributed by atoms with Gasteiger partial charge in [-0.15, -0.1) is 0 Å². The summed E-state index contributed by atoms with van der Waals surface area (Å²) in [5, 5.41) is 9.62. The van der Waals surface area contributed by atoms with E-state index in [-0.39, 0.29) is 18.8 Å². The van der Waals surface area contributed by atoms with Gasteiger partial charge in [0.25, 0.3) is 0 Å². The van der Waals surface area contributed by atoms with Gasteiger partial charge in [0, 0.05) is 25.1 Å². The van der Waals surface area contributed by atoms with Gasteiger partial charge in [-0.1, -0.05) is 139 Å². The van der Waals surface area contributed by atoms with Gasteiger partial charge in [-0.3, -0.25) is 0 Å². The molecule has 0 aliphatic carbocycles. The Bertz CT molecular complexity index is 1230. The number of hydrogen-bond acceptors (Lipinski definition) is 5. The lowest BCUT2D eigenvalue weighted by Crippen LogP contribution is -2.40. The van der Waals surface area contributed by atoms with Crippen LogP contribution in [0.15, 0.2) is 72.8 Å². The minimum Gasteiger partial charge on any atom is -0.392 e. The van der Waals surface area contributed by atoms with Gasteiger partial charge in [0.1, 0.15) is 0 Å². The number of unbranched alkanes of at least 4 members (excludes halogenated alkanes) is 10. The van der Waals surface area contributed by atoms with Crippen LogP contribution < -0.4 is 5.73 Å². The average molecular weight is 629 g/mol. The predicted octanol–water partition coefficient (Wildman–Crippen LogP) is 9.87. The zero-order valence-corrected chi connectivity index (χ0v) is 28.7. The highest BCUT2D eigenvalue weighted by Gasteiger charge is 2.33. The SMILES string of the molecule is CCCCCCCCN(CCCCCCCC)C[C@@H]1C[C@H](c2ccc(CO)cc2)O[C@H](c2cccc(-c3cccc(CN)c3)c2)O1. The van der Waals surface area contributed by atoms with Crippen LogP contribution in [0.3, 0.4) is 0 Å². The van der Waals surface area contributed by atoms with Crippen LogP contribution in [0.5, 0.6) is 0 Å². The van der Waals surface area contributed by atoms with Crippen LogP contribution in [0.1, 0.15) is 132 Å². The lowest BCUT2D eigenvalue weighted by molar-refractivity contribution is -0.253. The van der Waals surface area contributed by atoms with Gasteiger partial charge in [0.2, 0.25) is 0 Å². The lowest BCUT2D eigenvalue weighted by Gasteiger charge is -2.38. The second-order valence-electron chi connectivity index (χ2n) is 13.2. The van der Waals surface area contributed by atoms with E-state index in [4.69, 9.17) is 15.2 Å². The fourth-order valence-corrected chi connectivity index (χ4v) is 6.59. The Morgan fingerprint density at radius 1 is 0.674 bits per heavy atom. The standard InChI is InChI=1S/C41H60N2O3/c1-3-5-7-9-11-13-25-43(26-14-12-10-8-6-4-2)31-39-29-40(35-23-21-33(32-44)22-24-35)46-41(45-39)38-20-16-19-37(28-38)36-18-15-17-34(27-36)30-42/h15-24,27-28,39-41,44H,3-14,25-26,29-32,42H2,1-2H3/t39-,40+,41+/m0/s1. The maximum absolute atomic E-state index is 9.62. The molecule has 252 valence electrons. The molecular weight excluding hydrogens is 568 g/mol. The number of ether oxygens (including phenoxy) is 2. The van der Waals surface area contributed by atoms with E-state index in [0.717, 1.165) is 59.4 Å². The van der Waals surface area contributed by atoms with Crippen LogP contribution in [-0.2, 0) is 22.6 Å². The fraction of sp³-hybridized carbons (Fsp3) is 0.561. The molecule has 5 heteroatoms. The Hall–Kier alpha value is -2.54. The second kappa shape index (κ2) is 20.6. The molecule has 3 aromatic rings. The van der Waals surface area contributed by atoms with E-state index in [1.165, 1.54) is 77.0 Å². The van der Waals surface area contributed by atoms with Crippen molar-refractivity contribution in [3.63, 3.8) is 0 Å². The van der Waals surface area contributed by atoms with Gasteiger partial charge in [0.15, 0.2) is 6.29 Å². The molecule has 3 atom stereocenters. The molecule has 46 heavy (non-hydrogen) atoms. The molecule has 0 radical (unpaired) electrons. The molecule has 4 rings (SSSR count). The van der Waals surface area contributed by atoms with Crippen molar-refractivity contribution in [2.75, 3.05) is 19.6 Å². The van der Waals surface area contributed by atoms with Gasteiger partial charge in [-0.25, -0.2) is 0 Å². The van der Waals surface area contributed by atoms with Crippen molar-refractivity contribution >= 4 is 0 Å². The van der Waals surface area contributed by atoms with Gasteiger partial charge in [-0.2, -0.15) is 0 Å². The smallest absolute Gasteiger partial charge is 0.184 e. The number of aliphatic hydroxyl groups excluding tert-OH is 1. The lowest BCUT2D eigenvalue weighted by atomic mass is 9.98. The summed E-state index contributed by atoms with van der Waals surface area (Å²) in [6.45, 7) is 8.33. The van der Waals surface area contributed by atoms with Crippen molar-refractivity contribution in [1.29, 1.82) is 0 Å². The molecule has 3 N–H and O–H groups in total. The fourth-order valence-electron chi connectivity index (χ4n) is 6.59. The first-order valence-corrected chi connectivity index (χ1v) is 18.3. The largest absolute Gasteiger partial charge is 0.392 e. The molecule has 0 unspecified atom stereocenters. The molecular formula is C41H60N2O3. The van der Waals surface area contributed by atoms with Crippen LogP contribution in [0.2, 0.25) is 0 Å². The molecule has 5 nitrogen and oxygen atoms in total. The summed E-state index contributed by atoms with van der Waals surface area (Å²) < 4.78 is 13.6. The van der Waals surface area contributed by atoms with Crippen LogP contribution in [-0.4, -0.2) is 35.7 Å². The topological polar surface area (TPSA) is 68.0 Å². The summed E-state index contributed by atoms with van der Waals surface area (Å²) in [6, 6.07) is 25.2. The summed E-state index contributed by atoms with van der Waals surface area (Å²) in [6.07, 6.45) is 16.1. The maximum Gasteiger partial charge on any atom is 0.184 e. The number of nitrogens with two attached hydrogens (primary N) is 1. The molecule has 0 aromatic heterocycles. The molecule has 1 saturated heterocycles. The summed E-state index contributed by atoms with van der Waals surface area (Å²) in [7, 11) is 0. The summed E-state index contributed by atoms with van der Waals surface area (Å²) >= 11 is 0. The van der Waals surface area contributed by atoms with Gasteiger partial charge < -0.3 is 25.2 Å². The minimum atomic E-state index is -0.455. The molecule has 1 aliphatic rings. The number of hydrogen-bond donors (Lipinski definition) is 2. The van der Waals surface area contributed by atoms with E-state index in [2.05, 4.69) is 79.4 Å². The maximum atomic E-state index is 9.62. The third kappa shape index (κ3) is 11.9. The zero-order chi connectivity index (χ0) is 32.4. The Labute approximate surface area is 279 Å². The first-order chi connectivity index (χ1) is 22.6. The van der Waals surface area contributed by atoms with Crippen LogP contribution in [0.4, 0.5) is 0 Å². The molecule has 0 bridgehead atoms. The number of benzene rings is 3. The van der Waals surface area contributed by atoms with Crippen molar-refractivity contribution in [1.82, 2.24) is 4.90 Å². The summed E-state index contributed by atoms with van der Waals surface area (Å²) in [5.41, 5.74) is 12.4. The molecule has 0 saturated carbocycles. The molecule has 0 amide bonds. The predicted molar refractivity (Wildman–Crippen MR) is 191 cm³/mol. The van der Waals surface area contributed by atoms with E-state index in [0.29, 0.717) is 6.54 Å². The zero-order valence-electron chi connectivity index (χ0n) is 28.7. The number of nitrogens with zero attached hydrogens (tertiary/aromatic N) is 1. The molecule has 3 aromatic carbocycles. The Morgan fingerprint density at radius 3 is 1.91 bits per heavy atom. The van der Waals surface area contributed by atoms with Crippen molar-refractivity contribution in [3.05, 3.63) is 95.1 Å². The van der Waals surface area contributed by atoms with Crippen molar-refractivity contribution < 1.29 is 14.6 Å². The molecule has 1 aliphatic heterocycles. The number of rotatable bonds is 21. The minimum absolute atomic E-state index is 0.0458. The second-order valence-corrected chi connectivity index (χ2v) is 13.2. The highest BCUT2D eigenvalue weighted by atomic mass is 16.7. The number of aliphatic hydroxyl groups is 1. The Morgan fingerprint density at radius 2 is 1.28 bits per heavy atom. The third-order valence-electron chi connectivity index (χ3n) is 9.39. The van der Waals surface area contributed by atoms with Crippen molar-refractivity contribution in [2.45, 2.75) is 129 Å². The summed E-state index contributed by atoms with van der Waals surface area (Å²) in [5.74, 6) is 0. The first kappa shape index (κ1) is 36.3. The quantitative estimate of drug-likeness (QED) is 0.115. The van der Waals surface area contributed by atoms with Crippen molar-refractivity contribution in [3.8, 4) is 11.1 Å². The van der Waals surface area contributed by atoms with E-state index in [1.807, 2.05) is 12.1 Å². The van der Waals surface area contributed by atoms with E-state index in [9.17, 15) is 5.11 Å². The summed E-state index contributed by atoms with van der Waals surface area (Å²) in [4.78, 5) is 2.67. The molecule has 1 fully saturated rings. The van der Waals surface area contributed by atoms with E-state index >= 15 is 0 Å².